The van der Waals surface area contributed by atoms with E-state index >= 15 is 0 Å². The molecule has 8 atom stereocenters. The van der Waals surface area contributed by atoms with E-state index < -0.39 is 75.2 Å². The third-order valence-corrected chi connectivity index (χ3v) is 11.6. The summed E-state index contributed by atoms with van der Waals surface area (Å²) in [5.41, 5.74) is -2.72. The largest absolute Gasteiger partial charge is 0.456 e. The third-order valence-electron chi connectivity index (χ3n) is 10.7. The van der Waals surface area contributed by atoms with Gasteiger partial charge >= 0.3 is 11.9 Å². The molecule has 2 N–H and O–H groups in total. The van der Waals surface area contributed by atoms with E-state index in [1.54, 1.807) is 19.1 Å². The van der Waals surface area contributed by atoms with Crippen molar-refractivity contribution in [1.29, 1.82) is 0 Å². The molecule has 13 nitrogen and oxygen atoms in total. The van der Waals surface area contributed by atoms with Crippen molar-refractivity contribution in [3.63, 3.8) is 0 Å². The molecule has 0 spiro atoms. The summed E-state index contributed by atoms with van der Waals surface area (Å²) in [6.45, 7) is 5.64. The van der Waals surface area contributed by atoms with Gasteiger partial charge in [0.25, 0.3) is 5.09 Å². The van der Waals surface area contributed by atoms with Gasteiger partial charge in [0, 0.05) is 29.6 Å². The number of alkyl halides is 1. The molecule has 0 heterocycles. The Morgan fingerprint density at radius 2 is 1.91 bits per heavy atom. The lowest BCUT2D eigenvalue weighted by Crippen LogP contribution is -2.69. The van der Waals surface area contributed by atoms with Crippen LogP contribution in [-0.4, -0.2) is 75.9 Å². The van der Waals surface area contributed by atoms with Gasteiger partial charge in [-0.3, -0.25) is 24.0 Å². The molecule has 4 aliphatic carbocycles. The molecule has 0 radical (unpaired) electrons. The number of rotatable bonds is 12. The van der Waals surface area contributed by atoms with Crippen LogP contribution in [0.25, 0.3) is 0 Å². The van der Waals surface area contributed by atoms with Crippen LogP contribution in [-0.2, 0) is 38.3 Å². The van der Waals surface area contributed by atoms with E-state index in [0.29, 0.717) is 19.3 Å². The summed E-state index contributed by atoms with van der Waals surface area (Å²) in [5.74, 6) is -3.87. The number of esters is 2. The standard InChI is InChI=1S/C31H41ClN2O11/c1-5-26(39)45-31(24(37)17-43-27(40)16-33-25(38)7-6-12-44-34(41)42)18(2)13-22-21-9-8-19-14-20(35)10-11-28(19,3)30(21,32)23(36)15-29(22,31)4/h10-11,14,18,21-23,36H,5-9,12-13,15-17H2,1-4H3,(H,33,38)/t18-,21-,22-,23-,28-,29-,30-,31+/m0/s1. The van der Waals surface area contributed by atoms with Crippen LogP contribution in [0.1, 0.15) is 72.6 Å². The van der Waals surface area contributed by atoms with Gasteiger partial charge in [0.1, 0.15) is 6.54 Å². The molecule has 1 amide bonds. The van der Waals surface area contributed by atoms with Crippen LogP contribution in [0.4, 0.5) is 0 Å². The lowest BCUT2D eigenvalue weighted by molar-refractivity contribution is -0.757. The number of nitrogens with one attached hydrogen (secondary N) is 1. The fraction of sp³-hybridized carbons (Fsp3) is 0.710. The highest BCUT2D eigenvalue weighted by Gasteiger charge is 2.76. The minimum Gasteiger partial charge on any atom is -0.456 e. The fourth-order valence-corrected chi connectivity index (χ4v) is 9.11. The van der Waals surface area contributed by atoms with Crippen LogP contribution in [0.5, 0.6) is 0 Å². The zero-order valence-corrected chi connectivity index (χ0v) is 26.7. The highest BCUT2D eigenvalue weighted by molar-refractivity contribution is 6.26. The van der Waals surface area contributed by atoms with Gasteiger partial charge in [-0.15, -0.1) is 21.7 Å². The van der Waals surface area contributed by atoms with Crippen molar-refractivity contribution in [3.05, 3.63) is 33.9 Å². The molecule has 0 saturated heterocycles. The van der Waals surface area contributed by atoms with Gasteiger partial charge in [-0.05, 0) is 56.1 Å². The Morgan fingerprint density at radius 3 is 2.58 bits per heavy atom. The average Bonchev–Trinajstić information content (AvgIpc) is 3.20. The number of hydrogen-bond acceptors (Lipinski definition) is 11. The van der Waals surface area contributed by atoms with Crippen molar-refractivity contribution in [1.82, 2.24) is 5.32 Å². The first kappa shape index (κ1) is 34.6. The first-order chi connectivity index (χ1) is 21.1. The van der Waals surface area contributed by atoms with Gasteiger partial charge in [-0.1, -0.05) is 39.3 Å². The molecule has 3 saturated carbocycles. The molecule has 4 aliphatic rings. The number of allylic oxidation sites excluding steroid dienone is 4. The highest BCUT2D eigenvalue weighted by atomic mass is 35.5. The molecule has 3 fully saturated rings. The second-order valence-corrected chi connectivity index (χ2v) is 13.6. The third kappa shape index (κ3) is 5.77. The number of halogens is 1. The number of carbonyl (C=O) groups is 5. The van der Waals surface area contributed by atoms with E-state index in [4.69, 9.17) is 21.1 Å². The van der Waals surface area contributed by atoms with Gasteiger partial charge in [-0.2, -0.15) is 0 Å². The molecule has 248 valence electrons. The summed E-state index contributed by atoms with van der Waals surface area (Å²) in [4.78, 5) is 76.8. The Labute approximate surface area is 266 Å². The van der Waals surface area contributed by atoms with Gasteiger partial charge in [0.15, 0.2) is 18.0 Å². The summed E-state index contributed by atoms with van der Waals surface area (Å²) < 4.78 is 11.3. The first-order valence-electron chi connectivity index (χ1n) is 15.3. The number of nitrogens with zero attached hydrogens (tertiary/aromatic N) is 1. The van der Waals surface area contributed by atoms with Gasteiger partial charge < -0.3 is 24.7 Å². The Hall–Kier alpha value is -3.32. The van der Waals surface area contributed by atoms with Crippen molar-refractivity contribution < 1.29 is 48.5 Å². The maximum atomic E-state index is 14.2. The zero-order chi connectivity index (χ0) is 33.4. The van der Waals surface area contributed by atoms with E-state index in [1.807, 2.05) is 20.8 Å². The normalized spacial score (nSPS) is 36.5. The number of fused-ring (bicyclic) bond motifs is 5. The predicted molar refractivity (Wildman–Crippen MR) is 158 cm³/mol. The minimum absolute atomic E-state index is 0.00248. The molecular formula is C31H41ClN2O11. The van der Waals surface area contributed by atoms with Crippen molar-refractivity contribution in [2.75, 3.05) is 19.8 Å². The smallest absolute Gasteiger partial charge is 0.325 e. The second-order valence-electron chi connectivity index (χ2n) is 13.0. The average molecular weight is 653 g/mol. The van der Waals surface area contributed by atoms with Crippen molar-refractivity contribution in [2.45, 2.75) is 89.2 Å². The minimum atomic E-state index is -1.72. The molecule has 0 unspecified atom stereocenters. The Bertz CT molecular complexity index is 1330. The number of Topliss-reactive ketones (excluding diaryl/α,β-unsaturated/α-hetero) is 1. The van der Waals surface area contributed by atoms with Crippen molar-refractivity contribution in [2.24, 2.45) is 28.6 Å². The predicted octanol–water partition coefficient (Wildman–Crippen LogP) is 2.78. The van der Waals surface area contributed by atoms with Crippen LogP contribution in [0.2, 0.25) is 0 Å². The molecule has 0 aromatic rings. The maximum absolute atomic E-state index is 14.2. The molecule has 0 aromatic carbocycles. The number of aliphatic hydroxyl groups is 1. The summed E-state index contributed by atoms with van der Waals surface area (Å²) in [6, 6.07) is 0. The van der Waals surface area contributed by atoms with Gasteiger partial charge in [0.2, 0.25) is 11.7 Å². The summed E-state index contributed by atoms with van der Waals surface area (Å²) in [6.07, 6.45) is 5.29. The van der Waals surface area contributed by atoms with Gasteiger partial charge in [0.05, 0.1) is 17.6 Å². The number of ether oxygens (including phenoxy) is 2. The fourth-order valence-electron chi connectivity index (χ4n) is 8.59. The number of aliphatic hydroxyl groups excluding tert-OH is 1. The lowest BCUT2D eigenvalue weighted by Gasteiger charge is -2.64. The van der Waals surface area contributed by atoms with E-state index in [2.05, 4.69) is 10.2 Å². The molecular weight excluding hydrogens is 612 g/mol. The molecule has 0 aromatic heterocycles. The van der Waals surface area contributed by atoms with Crippen LogP contribution >= 0.6 is 11.6 Å². The number of carbonyl (C=O) groups excluding carboxylic acids is 5. The Kier molecular flexibility index (Phi) is 9.84. The number of amides is 1. The molecule has 14 heteroatoms. The van der Waals surface area contributed by atoms with Crippen molar-refractivity contribution in [3.8, 4) is 0 Å². The SMILES string of the molecule is CCC(=O)O[C@@]1(C(=O)COC(=O)CNC(=O)CCCO[N+](=O)[O-])[C@@H](C)C[C@H]2[C@@H]3CCC4=CC(=O)C=C[C@]4(C)[C@@]3(Cl)[C@@H](O)C[C@@]21C. The second kappa shape index (κ2) is 12.8. The zero-order valence-electron chi connectivity index (χ0n) is 26.0. The highest BCUT2D eigenvalue weighted by Crippen LogP contribution is 2.72. The topological polar surface area (TPSA) is 188 Å². The molecule has 0 bridgehead atoms. The van der Waals surface area contributed by atoms with Crippen LogP contribution in [0.15, 0.2) is 23.8 Å². The van der Waals surface area contributed by atoms with E-state index in [-0.39, 0.29) is 49.9 Å². The van der Waals surface area contributed by atoms with E-state index in [9.17, 15) is 39.2 Å². The Morgan fingerprint density at radius 1 is 1.20 bits per heavy atom. The van der Waals surface area contributed by atoms with Crippen molar-refractivity contribution >= 4 is 41.0 Å². The van der Waals surface area contributed by atoms with Crippen LogP contribution < -0.4 is 5.32 Å². The number of hydrogen-bond donors (Lipinski definition) is 2. The van der Waals surface area contributed by atoms with E-state index in [0.717, 1.165) is 5.57 Å². The summed E-state index contributed by atoms with van der Waals surface area (Å²) >= 11 is 7.50. The summed E-state index contributed by atoms with van der Waals surface area (Å²) in [5, 5.41) is 23.4. The van der Waals surface area contributed by atoms with Crippen LogP contribution in [0.3, 0.4) is 0 Å². The molecule has 4 rings (SSSR count). The molecule has 45 heavy (non-hydrogen) atoms. The molecule has 0 aliphatic heterocycles. The lowest BCUT2D eigenvalue weighted by atomic mass is 9.45. The first-order valence-corrected chi connectivity index (χ1v) is 15.7. The monoisotopic (exact) mass is 652 g/mol. The van der Waals surface area contributed by atoms with Crippen LogP contribution in [0, 0.1) is 38.7 Å². The number of ketones is 2. The quantitative estimate of drug-likeness (QED) is 0.104. The Balaban J connectivity index is 1.54. The van der Waals surface area contributed by atoms with E-state index in [1.165, 1.54) is 6.08 Å². The van der Waals surface area contributed by atoms with Gasteiger partial charge in [-0.25, -0.2) is 0 Å². The maximum Gasteiger partial charge on any atom is 0.325 e. The summed E-state index contributed by atoms with van der Waals surface area (Å²) in [7, 11) is 0.